The Morgan fingerprint density at radius 2 is 2.13 bits per heavy atom. The zero-order valence-corrected chi connectivity index (χ0v) is 8.44. The molecule has 1 aromatic heterocycles. The summed E-state index contributed by atoms with van der Waals surface area (Å²) in [4.78, 5) is 11.3. The lowest BCUT2D eigenvalue weighted by molar-refractivity contribution is 0.0600. The SMILES string of the molecule is COC(=O)c1cc(OC)c2occc2c1. The van der Waals surface area contributed by atoms with Crippen LogP contribution in [0, 0.1) is 0 Å². The molecule has 78 valence electrons. The van der Waals surface area contributed by atoms with E-state index in [2.05, 4.69) is 4.74 Å². The molecule has 1 aromatic carbocycles. The molecule has 0 bridgehead atoms. The summed E-state index contributed by atoms with van der Waals surface area (Å²) in [6.45, 7) is 0. The van der Waals surface area contributed by atoms with Crippen molar-refractivity contribution in [3.05, 3.63) is 30.0 Å². The molecule has 0 aliphatic heterocycles. The molecule has 2 aromatic rings. The van der Waals surface area contributed by atoms with Crippen LogP contribution in [0.4, 0.5) is 0 Å². The Kier molecular flexibility index (Phi) is 2.33. The van der Waals surface area contributed by atoms with Gasteiger partial charge in [0.2, 0.25) is 0 Å². The minimum atomic E-state index is -0.392. The second kappa shape index (κ2) is 3.65. The number of ether oxygens (including phenoxy) is 2. The number of rotatable bonds is 2. The first-order chi connectivity index (χ1) is 7.26. The highest BCUT2D eigenvalue weighted by atomic mass is 16.5. The molecule has 0 N–H and O–H groups in total. The highest BCUT2D eigenvalue weighted by Gasteiger charge is 2.12. The van der Waals surface area contributed by atoms with Crippen LogP contribution in [0.25, 0.3) is 11.0 Å². The Hall–Kier alpha value is -1.97. The maximum atomic E-state index is 11.3. The lowest BCUT2D eigenvalue weighted by Crippen LogP contribution is -2.01. The van der Waals surface area contributed by atoms with Gasteiger partial charge in [-0.3, -0.25) is 0 Å². The molecule has 0 aliphatic rings. The highest BCUT2D eigenvalue weighted by molar-refractivity contribution is 5.96. The number of carbonyl (C=O) groups excluding carboxylic acids is 1. The van der Waals surface area contributed by atoms with Crippen LogP contribution in [-0.4, -0.2) is 20.2 Å². The second-order valence-electron chi connectivity index (χ2n) is 3.01. The summed E-state index contributed by atoms with van der Waals surface area (Å²) < 4.78 is 15.0. The maximum Gasteiger partial charge on any atom is 0.338 e. The van der Waals surface area contributed by atoms with E-state index >= 15 is 0 Å². The van der Waals surface area contributed by atoms with Gasteiger partial charge in [-0.25, -0.2) is 4.79 Å². The number of carbonyl (C=O) groups is 1. The largest absolute Gasteiger partial charge is 0.493 e. The average molecular weight is 206 g/mol. The molecule has 0 spiro atoms. The molecule has 4 heteroatoms. The van der Waals surface area contributed by atoms with E-state index in [4.69, 9.17) is 9.15 Å². The molecule has 0 radical (unpaired) electrons. The van der Waals surface area contributed by atoms with Gasteiger partial charge in [-0.15, -0.1) is 0 Å². The molecule has 0 atom stereocenters. The van der Waals surface area contributed by atoms with Crippen molar-refractivity contribution in [2.75, 3.05) is 14.2 Å². The fourth-order valence-electron chi connectivity index (χ4n) is 1.44. The van der Waals surface area contributed by atoms with Gasteiger partial charge in [0, 0.05) is 5.39 Å². The maximum absolute atomic E-state index is 11.3. The molecule has 0 aliphatic carbocycles. The van der Waals surface area contributed by atoms with Gasteiger partial charge in [-0.1, -0.05) is 0 Å². The summed E-state index contributed by atoms with van der Waals surface area (Å²) in [6, 6.07) is 5.06. The van der Waals surface area contributed by atoms with Gasteiger partial charge in [0.1, 0.15) is 0 Å². The zero-order valence-electron chi connectivity index (χ0n) is 8.44. The lowest BCUT2D eigenvalue weighted by Gasteiger charge is -2.03. The molecule has 15 heavy (non-hydrogen) atoms. The standard InChI is InChI=1S/C11H10O4/c1-13-9-6-8(11(12)14-2)5-7-3-4-15-10(7)9/h3-6H,1-2H3. The number of methoxy groups -OCH3 is 2. The van der Waals surface area contributed by atoms with Crippen LogP contribution in [0.2, 0.25) is 0 Å². The summed E-state index contributed by atoms with van der Waals surface area (Å²) in [5.74, 6) is 0.134. The predicted octanol–water partition coefficient (Wildman–Crippen LogP) is 2.23. The molecular weight excluding hydrogens is 196 g/mol. The van der Waals surface area contributed by atoms with E-state index in [0.29, 0.717) is 16.9 Å². The van der Waals surface area contributed by atoms with Crippen LogP contribution in [-0.2, 0) is 4.74 Å². The summed E-state index contributed by atoms with van der Waals surface area (Å²) in [5, 5.41) is 0.815. The highest BCUT2D eigenvalue weighted by Crippen LogP contribution is 2.28. The Labute approximate surface area is 86.4 Å². The monoisotopic (exact) mass is 206 g/mol. The summed E-state index contributed by atoms with van der Waals surface area (Å²) in [6.07, 6.45) is 1.55. The van der Waals surface area contributed by atoms with E-state index < -0.39 is 5.97 Å². The topological polar surface area (TPSA) is 48.7 Å². The first kappa shape index (κ1) is 9.58. The Morgan fingerprint density at radius 3 is 2.80 bits per heavy atom. The van der Waals surface area contributed by atoms with Gasteiger partial charge in [-0.2, -0.15) is 0 Å². The molecule has 1 heterocycles. The fourth-order valence-corrected chi connectivity index (χ4v) is 1.44. The lowest BCUT2D eigenvalue weighted by atomic mass is 10.1. The van der Waals surface area contributed by atoms with Crippen molar-refractivity contribution in [2.45, 2.75) is 0 Å². The van der Waals surface area contributed by atoms with E-state index in [-0.39, 0.29) is 0 Å². The molecule has 4 nitrogen and oxygen atoms in total. The predicted molar refractivity (Wildman–Crippen MR) is 54.1 cm³/mol. The first-order valence-corrected chi connectivity index (χ1v) is 4.40. The normalized spacial score (nSPS) is 10.3. The number of esters is 1. The molecule has 0 fully saturated rings. The van der Waals surface area contributed by atoms with E-state index in [9.17, 15) is 4.79 Å². The number of furan rings is 1. The minimum Gasteiger partial charge on any atom is -0.493 e. The number of fused-ring (bicyclic) bond motifs is 1. The summed E-state index contributed by atoms with van der Waals surface area (Å²) in [5.41, 5.74) is 1.08. The van der Waals surface area contributed by atoms with Gasteiger partial charge in [0.15, 0.2) is 11.3 Å². The number of hydrogen-bond donors (Lipinski definition) is 0. The van der Waals surface area contributed by atoms with Crippen LogP contribution in [0.3, 0.4) is 0 Å². The van der Waals surface area contributed by atoms with Crippen LogP contribution in [0.15, 0.2) is 28.9 Å². The van der Waals surface area contributed by atoms with E-state index in [0.717, 1.165) is 5.39 Å². The summed E-state index contributed by atoms with van der Waals surface area (Å²) >= 11 is 0. The van der Waals surface area contributed by atoms with Gasteiger partial charge < -0.3 is 13.9 Å². The third kappa shape index (κ3) is 1.54. The van der Waals surface area contributed by atoms with Crippen molar-refractivity contribution in [3.8, 4) is 5.75 Å². The number of benzene rings is 1. The van der Waals surface area contributed by atoms with Crippen LogP contribution in [0.5, 0.6) is 5.75 Å². The van der Waals surface area contributed by atoms with E-state index in [1.54, 1.807) is 24.5 Å². The molecule has 2 rings (SSSR count). The second-order valence-corrected chi connectivity index (χ2v) is 3.01. The van der Waals surface area contributed by atoms with Gasteiger partial charge in [0.05, 0.1) is 26.0 Å². The van der Waals surface area contributed by atoms with Crippen molar-refractivity contribution in [3.63, 3.8) is 0 Å². The van der Waals surface area contributed by atoms with E-state index in [1.165, 1.54) is 14.2 Å². The zero-order chi connectivity index (χ0) is 10.8. The van der Waals surface area contributed by atoms with Crippen molar-refractivity contribution in [1.82, 2.24) is 0 Å². The Morgan fingerprint density at radius 1 is 1.33 bits per heavy atom. The smallest absolute Gasteiger partial charge is 0.338 e. The fraction of sp³-hybridized carbons (Fsp3) is 0.182. The first-order valence-electron chi connectivity index (χ1n) is 4.40. The Balaban J connectivity index is 2.63. The minimum absolute atomic E-state index is 0.392. The molecule has 0 unspecified atom stereocenters. The van der Waals surface area contributed by atoms with Gasteiger partial charge in [0.25, 0.3) is 0 Å². The average Bonchev–Trinajstić information content (AvgIpc) is 2.74. The molecule has 0 saturated carbocycles. The Bertz CT molecular complexity index is 498. The van der Waals surface area contributed by atoms with Gasteiger partial charge >= 0.3 is 5.97 Å². The van der Waals surface area contributed by atoms with Crippen molar-refractivity contribution in [1.29, 1.82) is 0 Å². The van der Waals surface area contributed by atoms with Crippen LogP contribution in [0.1, 0.15) is 10.4 Å². The number of hydrogen-bond acceptors (Lipinski definition) is 4. The third-order valence-electron chi connectivity index (χ3n) is 2.16. The molecule has 0 amide bonds. The van der Waals surface area contributed by atoms with Crippen LogP contribution < -0.4 is 4.74 Å². The van der Waals surface area contributed by atoms with Crippen molar-refractivity contribution in [2.24, 2.45) is 0 Å². The molecular formula is C11H10O4. The summed E-state index contributed by atoms with van der Waals surface area (Å²) in [7, 11) is 2.87. The third-order valence-corrected chi connectivity index (χ3v) is 2.16. The van der Waals surface area contributed by atoms with E-state index in [1.807, 2.05) is 0 Å². The van der Waals surface area contributed by atoms with Crippen molar-refractivity contribution < 1.29 is 18.7 Å². The van der Waals surface area contributed by atoms with Gasteiger partial charge in [-0.05, 0) is 18.2 Å². The van der Waals surface area contributed by atoms with Crippen molar-refractivity contribution >= 4 is 16.9 Å². The quantitative estimate of drug-likeness (QED) is 0.707. The van der Waals surface area contributed by atoms with Crippen LogP contribution >= 0.6 is 0 Å². The molecule has 0 saturated heterocycles.